The van der Waals surface area contributed by atoms with Crippen LogP contribution in [0.1, 0.15) is 65.2 Å². The number of aliphatic hydroxyl groups is 1. The van der Waals surface area contributed by atoms with Crippen molar-refractivity contribution < 1.29 is 14.6 Å². The minimum atomic E-state index is -0.0965. The molecule has 2 aliphatic carbocycles. The van der Waals surface area contributed by atoms with Crippen LogP contribution in [0, 0.1) is 23.2 Å². The molecular weight excluding hydrogens is 252 g/mol. The van der Waals surface area contributed by atoms with Crippen LogP contribution in [0.5, 0.6) is 0 Å². The van der Waals surface area contributed by atoms with Crippen molar-refractivity contribution in [2.24, 2.45) is 23.2 Å². The Bertz CT molecular complexity index is 341. The Morgan fingerprint density at radius 2 is 2.15 bits per heavy atom. The van der Waals surface area contributed by atoms with Gasteiger partial charge in [-0.1, -0.05) is 20.3 Å². The maximum absolute atomic E-state index is 11.2. The molecule has 0 aromatic rings. The second kappa shape index (κ2) is 6.46. The van der Waals surface area contributed by atoms with Gasteiger partial charge in [-0.3, -0.25) is 4.79 Å². The second-order valence-corrected chi connectivity index (χ2v) is 7.20. The summed E-state index contributed by atoms with van der Waals surface area (Å²) in [5, 5.41) is 10.3. The number of hydrogen-bond donors (Lipinski definition) is 1. The Balaban J connectivity index is 1.90. The molecule has 1 N–H and O–H groups in total. The van der Waals surface area contributed by atoms with E-state index in [9.17, 15) is 9.90 Å². The third-order valence-corrected chi connectivity index (χ3v) is 6.12. The number of aliphatic hydroxyl groups excluding tert-OH is 1. The van der Waals surface area contributed by atoms with Crippen molar-refractivity contribution in [3.05, 3.63) is 0 Å². The van der Waals surface area contributed by atoms with Crippen molar-refractivity contribution >= 4 is 5.97 Å². The Hall–Kier alpha value is -0.570. The van der Waals surface area contributed by atoms with E-state index in [2.05, 4.69) is 13.8 Å². The molecule has 2 saturated carbocycles. The molecule has 3 heteroatoms. The third-order valence-electron chi connectivity index (χ3n) is 6.12. The minimum Gasteiger partial charge on any atom is -0.469 e. The normalized spacial score (nSPS) is 38.3. The zero-order valence-electron chi connectivity index (χ0n) is 13.2. The lowest BCUT2D eigenvalue weighted by Gasteiger charge is -2.45. The number of carbonyl (C=O) groups excluding carboxylic acids is 1. The summed E-state index contributed by atoms with van der Waals surface area (Å²) in [6.07, 6.45) is 8.33. The summed E-state index contributed by atoms with van der Waals surface area (Å²) in [5.74, 6) is 1.75. The number of fused-ring (bicyclic) bond motifs is 1. The lowest BCUT2D eigenvalue weighted by Crippen LogP contribution is -2.41. The SMILES string of the molecule is COC(=O)CCC[C@@H](C)[C@H]1CC[C@H]2[C@@H](O)CCC[C@]12C. The first-order valence-electron chi connectivity index (χ1n) is 8.24. The number of methoxy groups -OCH3 is 1. The zero-order valence-corrected chi connectivity index (χ0v) is 13.2. The highest BCUT2D eigenvalue weighted by atomic mass is 16.5. The van der Waals surface area contributed by atoms with Crippen LogP contribution in [0.15, 0.2) is 0 Å². The molecule has 0 bridgehead atoms. The van der Waals surface area contributed by atoms with Gasteiger partial charge in [-0.25, -0.2) is 0 Å². The van der Waals surface area contributed by atoms with E-state index in [1.165, 1.54) is 32.8 Å². The third kappa shape index (κ3) is 3.03. The first-order valence-corrected chi connectivity index (χ1v) is 8.24. The van der Waals surface area contributed by atoms with E-state index in [1.807, 2.05) is 0 Å². The van der Waals surface area contributed by atoms with E-state index in [0.29, 0.717) is 29.6 Å². The molecule has 0 unspecified atom stereocenters. The number of carbonyl (C=O) groups is 1. The first kappa shape index (κ1) is 15.8. The maximum Gasteiger partial charge on any atom is 0.305 e. The molecule has 0 heterocycles. The van der Waals surface area contributed by atoms with Crippen LogP contribution in [-0.2, 0) is 9.53 Å². The van der Waals surface area contributed by atoms with Crippen LogP contribution < -0.4 is 0 Å². The molecule has 20 heavy (non-hydrogen) atoms. The lowest BCUT2D eigenvalue weighted by atomic mass is 9.61. The van der Waals surface area contributed by atoms with Crippen molar-refractivity contribution in [1.29, 1.82) is 0 Å². The summed E-state index contributed by atoms with van der Waals surface area (Å²) in [4.78, 5) is 11.2. The van der Waals surface area contributed by atoms with Crippen molar-refractivity contribution in [3.63, 3.8) is 0 Å². The van der Waals surface area contributed by atoms with Crippen molar-refractivity contribution in [2.75, 3.05) is 7.11 Å². The van der Waals surface area contributed by atoms with E-state index < -0.39 is 0 Å². The van der Waals surface area contributed by atoms with E-state index in [0.717, 1.165) is 19.3 Å². The average molecular weight is 282 g/mol. The summed E-state index contributed by atoms with van der Waals surface area (Å²) in [5.41, 5.74) is 0.322. The fourth-order valence-electron chi connectivity index (χ4n) is 5.00. The predicted octanol–water partition coefficient (Wildman–Crippen LogP) is 3.54. The standard InChI is InChI=1S/C17H30O3/c1-12(6-4-8-16(19)20-3)13-9-10-14-15(18)7-5-11-17(13,14)2/h12-15,18H,4-11H2,1-3H3/t12-,13-,14+,15+,17-/m1/s1. The fourth-order valence-corrected chi connectivity index (χ4v) is 5.00. The Morgan fingerprint density at radius 3 is 2.85 bits per heavy atom. The fraction of sp³-hybridized carbons (Fsp3) is 0.941. The smallest absolute Gasteiger partial charge is 0.305 e. The van der Waals surface area contributed by atoms with Crippen LogP contribution >= 0.6 is 0 Å². The Kier molecular flexibility index (Phi) is 5.11. The summed E-state index contributed by atoms with van der Waals surface area (Å²) in [6.45, 7) is 4.73. The van der Waals surface area contributed by atoms with Crippen LogP contribution in [0.25, 0.3) is 0 Å². The molecule has 2 fully saturated rings. The van der Waals surface area contributed by atoms with E-state index in [-0.39, 0.29) is 12.1 Å². The Labute approximate surface area is 123 Å². The van der Waals surface area contributed by atoms with Crippen LogP contribution in [0.3, 0.4) is 0 Å². The molecule has 0 saturated heterocycles. The van der Waals surface area contributed by atoms with Gasteiger partial charge in [-0.2, -0.15) is 0 Å². The van der Waals surface area contributed by atoms with E-state index in [4.69, 9.17) is 4.74 Å². The zero-order chi connectivity index (χ0) is 14.8. The summed E-state index contributed by atoms with van der Waals surface area (Å²) >= 11 is 0. The van der Waals surface area contributed by atoms with Gasteiger partial charge in [0.15, 0.2) is 0 Å². The second-order valence-electron chi connectivity index (χ2n) is 7.20. The molecule has 0 aromatic carbocycles. The van der Waals surface area contributed by atoms with Gasteiger partial charge in [0.05, 0.1) is 13.2 Å². The minimum absolute atomic E-state index is 0.0824. The van der Waals surface area contributed by atoms with Gasteiger partial charge in [-0.15, -0.1) is 0 Å². The molecule has 116 valence electrons. The van der Waals surface area contributed by atoms with Crippen LogP contribution in [0.4, 0.5) is 0 Å². The van der Waals surface area contributed by atoms with Crippen molar-refractivity contribution in [3.8, 4) is 0 Å². The first-order chi connectivity index (χ1) is 9.49. The van der Waals surface area contributed by atoms with Crippen molar-refractivity contribution in [1.82, 2.24) is 0 Å². The molecule has 0 spiro atoms. The van der Waals surface area contributed by atoms with Crippen molar-refractivity contribution in [2.45, 2.75) is 71.3 Å². The monoisotopic (exact) mass is 282 g/mol. The Morgan fingerprint density at radius 1 is 1.40 bits per heavy atom. The topological polar surface area (TPSA) is 46.5 Å². The summed E-state index contributed by atoms with van der Waals surface area (Å²) in [7, 11) is 1.46. The molecule has 3 nitrogen and oxygen atoms in total. The van der Waals surface area contributed by atoms with Gasteiger partial charge in [0.1, 0.15) is 0 Å². The average Bonchev–Trinajstić information content (AvgIpc) is 2.77. The number of esters is 1. The predicted molar refractivity (Wildman–Crippen MR) is 79.2 cm³/mol. The summed E-state index contributed by atoms with van der Waals surface area (Å²) < 4.78 is 4.71. The highest BCUT2D eigenvalue weighted by Crippen LogP contribution is 2.58. The van der Waals surface area contributed by atoms with Gasteiger partial charge in [0.25, 0.3) is 0 Å². The van der Waals surface area contributed by atoms with Gasteiger partial charge in [0, 0.05) is 6.42 Å². The number of rotatable bonds is 5. The highest BCUT2D eigenvalue weighted by molar-refractivity contribution is 5.68. The molecule has 5 atom stereocenters. The lowest BCUT2D eigenvalue weighted by molar-refractivity contribution is -0.140. The van der Waals surface area contributed by atoms with Gasteiger partial charge in [-0.05, 0) is 61.7 Å². The molecule has 0 aromatic heterocycles. The molecular formula is C17H30O3. The quantitative estimate of drug-likeness (QED) is 0.784. The highest BCUT2D eigenvalue weighted by Gasteiger charge is 2.51. The maximum atomic E-state index is 11.2. The molecule has 0 aliphatic heterocycles. The van der Waals surface area contributed by atoms with E-state index >= 15 is 0 Å². The van der Waals surface area contributed by atoms with E-state index in [1.54, 1.807) is 0 Å². The van der Waals surface area contributed by atoms with Gasteiger partial charge in [0.2, 0.25) is 0 Å². The number of hydrogen-bond acceptors (Lipinski definition) is 3. The largest absolute Gasteiger partial charge is 0.469 e. The number of ether oxygens (including phenoxy) is 1. The summed E-state index contributed by atoms with van der Waals surface area (Å²) in [6, 6.07) is 0. The van der Waals surface area contributed by atoms with Crippen LogP contribution in [0.2, 0.25) is 0 Å². The van der Waals surface area contributed by atoms with Gasteiger partial charge < -0.3 is 9.84 Å². The van der Waals surface area contributed by atoms with Gasteiger partial charge >= 0.3 is 5.97 Å². The van der Waals surface area contributed by atoms with Crippen LogP contribution in [-0.4, -0.2) is 24.3 Å². The molecule has 2 rings (SSSR count). The molecule has 0 radical (unpaired) electrons. The molecule has 2 aliphatic rings. The molecule has 0 amide bonds.